The summed E-state index contributed by atoms with van der Waals surface area (Å²) in [6.07, 6.45) is 2.87. The number of hydrogen-bond acceptors (Lipinski definition) is 1. The van der Waals surface area contributed by atoms with Gasteiger partial charge in [-0.2, -0.15) is 0 Å². The molecule has 1 heterocycles. The number of nitrogens with zero attached hydrogens (tertiary/aromatic N) is 2. The number of hydrogen-bond donors (Lipinski definition) is 0. The second kappa shape index (κ2) is 5.35. The number of rotatable bonds is 3. The Balaban J connectivity index is 1.80. The van der Waals surface area contributed by atoms with E-state index in [1.807, 2.05) is 30.6 Å². The third-order valence-corrected chi connectivity index (χ3v) is 3.88. The van der Waals surface area contributed by atoms with Crippen LogP contribution in [0.1, 0.15) is 5.56 Å². The van der Waals surface area contributed by atoms with E-state index in [4.69, 9.17) is 11.6 Å². The van der Waals surface area contributed by atoms with Crippen molar-refractivity contribution in [2.24, 2.45) is 0 Å². The third-order valence-electron chi connectivity index (χ3n) is 3.14. The number of aromatic nitrogens is 2. The average Bonchev–Trinajstić information content (AvgIpc) is 2.80. The van der Waals surface area contributed by atoms with Crippen LogP contribution in [0.3, 0.4) is 0 Å². The van der Waals surface area contributed by atoms with Gasteiger partial charge in [-0.25, -0.2) is 4.98 Å². The van der Waals surface area contributed by atoms with E-state index in [2.05, 4.69) is 43.7 Å². The van der Waals surface area contributed by atoms with Crippen molar-refractivity contribution >= 4 is 38.6 Å². The summed E-state index contributed by atoms with van der Waals surface area (Å²) in [5.41, 5.74) is 3.46. The van der Waals surface area contributed by atoms with Crippen molar-refractivity contribution < 1.29 is 0 Å². The molecular weight excluding hydrogens is 324 g/mol. The van der Waals surface area contributed by atoms with Crippen molar-refractivity contribution in [3.8, 4) is 0 Å². The molecule has 0 bridgehead atoms. The van der Waals surface area contributed by atoms with Crippen LogP contribution in [0, 0.1) is 0 Å². The first kappa shape index (κ1) is 12.7. The number of imidazole rings is 1. The minimum atomic E-state index is 0.779. The van der Waals surface area contributed by atoms with Crippen LogP contribution in [0.5, 0.6) is 0 Å². The van der Waals surface area contributed by atoms with Crippen molar-refractivity contribution in [1.82, 2.24) is 9.55 Å². The van der Waals surface area contributed by atoms with Crippen molar-refractivity contribution in [1.29, 1.82) is 0 Å². The first-order valence-corrected chi connectivity index (χ1v) is 7.24. The average molecular weight is 336 g/mol. The lowest BCUT2D eigenvalue weighted by atomic mass is 10.1. The molecule has 2 aromatic carbocycles. The fraction of sp³-hybridized carbons (Fsp3) is 0.133. The molecule has 0 aliphatic carbocycles. The number of aryl methyl sites for hydroxylation is 2. The lowest BCUT2D eigenvalue weighted by Gasteiger charge is -2.05. The van der Waals surface area contributed by atoms with Gasteiger partial charge in [-0.3, -0.25) is 0 Å². The minimum Gasteiger partial charge on any atom is -0.330 e. The molecule has 19 heavy (non-hydrogen) atoms. The fourth-order valence-electron chi connectivity index (χ4n) is 2.12. The Hall–Kier alpha value is -1.32. The molecule has 1 aromatic heterocycles. The molecule has 0 aliphatic rings. The van der Waals surface area contributed by atoms with Gasteiger partial charge in [0.05, 0.1) is 17.4 Å². The van der Waals surface area contributed by atoms with Gasteiger partial charge in [-0.15, -0.1) is 0 Å². The van der Waals surface area contributed by atoms with Gasteiger partial charge in [0.25, 0.3) is 0 Å². The third kappa shape index (κ3) is 2.82. The minimum absolute atomic E-state index is 0.779. The summed E-state index contributed by atoms with van der Waals surface area (Å²) in [6.45, 7) is 0.916. The maximum atomic E-state index is 5.88. The molecule has 96 valence electrons. The largest absolute Gasteiger partial charge is 0.330 e. The van der Waals surface area contributed by atoms with E-state index in [9.17, 15) is 0 Å². The topological polar surface area (TPSA) is 17.8 Å². The molecule has 0 aliphatic heterocycles. The van der Waals surface area contributed by atoms with Crippen LogP contribution in [0.15, 0.2) is 53.3 Å². The molecule has 0 unspecified atom stereocenters. The van der Waals surface area contributed by atoms with Crippen molar-refractivity contribution in [3.63, 3.8) is 0 Å². The zero-order chi connectivity index (χ0) is 13.2. The summed E-state index contributed by atoms with van der Waals surface area (Å²) in [7, 11) is 0. The quantitative estimate of drug-likeness (QED) is 0.678. The van der Waals surface area contributed by atoms with Gasteiger partial charge in [0.1, 0.15) is 0 Å². The molecule has 0 fully saturated rings. The van der Waals surface area contributed by atoms with Gasteiger partial charge < -0.3 is 4.57 Å². The Morgan fingerprint density at radius 2 is 1.89 bits per heavy atom. The number of benzene rings is 2. The summed E-state index contributed by atoms with van der Waals surface area (Å²) in [5, 5.41) is 0.779. The molecule has 0 saturated carbocycles. The van der Waals surface area contributed by atoms with E-state index >= 15 is 0 Å². The van der Waals surface area contributed by atoms with Crippen molar-refractivity contribution in [2.45, 2.75) is 13.0 Å². The van der Waals surface area contributed by atoms with Crippen LogP contribution in [-0.2, 0) is 13.0 Å². The van der Waals surface area contributed by atoms with Crippen LogP contribution >= 0.6 is 27.5 Å². The predicted molar refractivity (Wildman–Crippen MR) is 82.6 cm³/mol. The molecular formula is C15H12BrClN2. The Kier molecular flexibility index (Phi) is 3.58. The molecule has 2 nitrogen and oxygen atoms in total. The molecule has 0 amide bonds. The first-order valence-electron chi connectivity index (χ1n) is 6.07. The second-order valence-corrected chi connectivity index (χ2v) is 5.80. The van der Waals surface area contributed by atoms with Crippen LogP contribution in [-0.4, -0.2) is 9.55 Å². The van der Waals surface area contributed by atoms with Crippen LogP contribution in [0.4, 0.5) is 0 Å². The Morgan fingerprint density at radius 1 is 1.11 bits per heavy atom. The highest BCUT2D eigenvalue weighted by atomic mass is 79.9. The van der Waals surface area contributed by atoms with Crippen molar-refractivity contribution in [2.75, 3.05) is 0 Å². The molecule has 0 N–H and O–H groups in total. The van der Waals surface area contributed by atoms with Crippen LogP contribution in [0.25, 0.3) is 11.0 Å². The highest BCUT2D eigenvalue weighted by Gasteiger charge is 2.03. The normalized spacial score (nSPS) is 11.1. The Labute approximate surface area is 125 Å². The van der Waals surface area contributed by atoms with E-state index in [1.54, 1.807) is 0 Å². The zero-order valence-corrected chi connectivity index (χ0v) is 12.5. The SMILES string of the molecule is Clc1ccc(CCn2cnc3cc(Br)ccc32)cc1. The summed E-state index contributed by atoms with van der Waals surface area (Å²) in [4.78, 5) is 4.42. The molecule has 0 spiro atoms. The highest BCUT2D eigenvalue weighted by Crippen LogP contribution is 2.19. The standard InChI is InChI=1S/C15H12BrClN2/c16-12-3-6-15-14(9-12)18-10-19(15)8-7-11-1-4-13(17)5-2-11/h1-6,9-10H,7-8H2. The van der Waals surface area contributed by atoms with E-state index in [0.717, 1.165) is 33.5 Å². The van der Waals surface area contributed by atoms with E-state index in [-0.39, 0.29) is 0 Å². The molecule has 3 aromatic rings. The van der Waals surface area contributed by atoms with Gasteiger partial charge in [-0.1, -0.05) is 39.7 Å². The smallest absolute Gasteiger partial charge is 0.0958 e. The van der Waals surface area contributed by atoms with E-state index < -0.39 is 0 Å². The molecule has 0 saturated heterocycles. The monoisotopic (exact) mass is 334 g/mol. The first-order chi connectivity index (χ1) is 9.22. The van der Waals surface area contributed by atoms with Crippen LogP contribution < -0.4 is 0 Å². The van der Waals surface area contributed by atoms with Gasteiger partial charge >= 0.3 is 0 Å². The number of halogens is 2. The molecule has 0 atom stereocenters. The lowest BCUT2D eigenvalue weighted by molar-refractivity contribution is 0.716. The summed E-state index contributed by atoms with van der Waals surface area (Å²) in [6, 6.07) is 14.2. The van der Waals surface area contributed by atoms with E-state index in [1.165, 1.54) is 5.56 Å². The Morgan fingerprint density at radius 3 is 2.68 bits per heavy atom. The Bertz CT molecular complexity index is 704. The summed E-state index contributed by atoms with van der Waals surface area (Å²) in [5.74, 6) is 0. The summed E-state index contributed by atoms with van der Waals surface area (Å²) < 4.78 is 3.24. The fourth-order valence-corrected chi connectivity index (χ4v) is 2.59. The molecule has 4 heteroatoms. The predicted octanol–water partition coefficient (Wildman–Crippen LogP) is 4.69. The maximum Gasteiger partial charge on any atom is 0.0958 e. The van der Waals surface area contributed by atoms with Gasteiger partial charge in [-0.05, 0) is 42.3 Å². The summed E-state index contributed by atoms with van der Waals surface area (Å²) >= 11 is 9.35. The second-order valence-electron chi connectivity index (χ2n) is 4.45. The molecule has 0 radical (unpaired) electrons. The van der Waals surface area contributed by atoms with E-state index in [0.29, 0.717) is 0 Å². The number of fused-ring (bicyclic) bond motifs is 1. The molecule has 3 rings (SSSR count). The highest BCUT2D eigenvalue weighted by molar-refractivity contribution is 9.10. The zero-order valence-electron chi connectivity index (χ0n) is 10.2. The van der Waals surface area contributed by atoms with Gasteiger partial charge in [0.2, 0.25) is 0 Å². The van der Waals surface area contributed by atoms with Gasteiger partial charge in [0.15, 0.2) is 0 Å². The lowest BCUT2D eigenvalue weighted by Crippen LogP contribution is -1.99. The van der Waals surface area contributed by atoms with Crippen LogP contribution in [0.2, 0.25) is 5.02 Å². The van der Waals surface area contributed by atoms with Crippen molar-refractivity contribution in [3.05, 3.63) is 63.9 Å². The van der Waals surface area contributed by atoms with Gasteiger partial charge in [0, 0.05) is 16.0 Å². The maximum absolute atomic E-state index is 5.88.